The lowest BCUT2D eigenvalue weighted by molar-refractivity contribution is -0.121. The van der Waals surface area contributed by atoms with Gasteiger partial charge in [0.2, 0.25) is 5.91 Å². The Morgan fingerprint density at radius 3 is 2.65 bits per heavy atom. The minimum absolute atomic E-state index is 0.0505. The summed E-state index contributed by atoms with van der Waals surface area (Å²) < 4.78 is 1.63. The van der Waals surface area contributed by atoms with Gasteiger partial charge >= 0.3 is 0 Å². The van der Waals surface area contributed by atoms with Crippen LogP contribution in [0.4, 0.5) is 0 Å². The average Bonchev–Trinajstić information content (AvgIpc) is 3.05. The second-order valence-corrected chi connectivity index (χ2v) is 6.74. The molecular formula is C19H23N5O2. The Kier molecular flexibility index (Phi) is 5.16. The number of nitrogens with one attached hydrogen (secondary N) is 2. The van der Waals surface area contributed by atoms with Crippen molar-refractivity contribution in [1.82, 2.24) is 25.1 Å². The molecule has 7 heteroatoms. The van der Waals surface area contributed by atoms with Crippen LogP contribution in [0.1, 0.15) is 33.0 Å². The van der Waals surface area contributed by atoms with Crippen LogP contribution in [0.2, 0.25) is 0 Å². The van der Waals surface area contributed by atoms with Gasteiger partial charge in [0.05, 0.1) is 11.9 Å². The van der Waals surface area contributed by atoms with Crippen LogP contribution >= 0.6 is 0 Å². The number of H-pyrrole nitrogens is 1. The highest BCUT2D eigenvalue weighted by molar-refractivity contribution is 5.77. The summed E-state index contributed by atoms with van der Waals surface area (Å²) in [4.78, 5) is 31.6. The molecule has 7 nitrogen and oxygen atoms in total. The molecule has 1 unspecified atom stereocenters. The zero-order chi connectivity index (χ0) is 18.7. The van der Waals surface area contributed by atoms with Gasteiger partial charge in [-0.05, 0) is 25.0 Å². The maximum absolute atomic E-state index is 12.3. The van der Waals surface area contributed by atoms with Gasteiger partial charge in [-0.2, -0.15) is 5.10 Å². The van der Waals surface area contributed by atoms with E-state index in [-0.39, 0.29) is 23.9 Å². The third kappa shape index (κ3) is 3.82. The number of aryl methyl sites for hydroxylation is 1. The van der Waals surface area contributed by atoms with E-state index >= 15 is 0 Å². The van der Waals surface area contributed by atoms with Crippen molar-refractivity contribution in [2.75, 3.05) is 0 Å². The first-order valence-electron chi connectivity index (χ1n) is 8.77. The van der Waals surface area contributed by atoms with Crippen molar-refractivity contribution in [3.63, 3.8) is 0 Å². The Labute approximate surface area is 151 Å². The molecule has 0 fully saturated rings. The van der Waals surface area contributed by atoms with Crippen molar-refractivity contribution in [2.24, 2.45) is 5.92 Å². The molecule has 2 N–H and O–H groups in total. The number of para-hydroxylation sites is 1. The molecular weight excluding hydrogens is 330 g/mol. The van der Waals surface area contributed by atoms with Gasteiger partial charge < -0.3 is 10.3 Å². The highest BCUT2D eigenvalue weighted by Crippen LogP contribution is 2.13. The molecule has 0 saturated heterocycles. The number of carbonyl (C=O) groups is 1. The van der Waals surface area contributed by atoms with Crippen molar-refractivity contribution >= 4 is 16.9 Å². The number of hydrogen-bond donors (Lipinski definition) is 2. The number of fused-ring (bicyclic) bond motifs is 1. The number of hydrogen-bond acceptors (Lipinski definition) is 4. The molecule has 0 radical (unpaired) electrons. The van der Waals surface area contributed by atoms with Gasteiger partial charge in [-0.15, -0.1) is 0 Å². The number of nitrogens with zero attached hydrogens (tertiary/aromatic N) is 3. The normalized spacial score (nSPS) is 12.5. The fourth-order valence-electron chi connectivity index (χ4n) is 2.57. The average molecular weight is 353 g/mol. The molecule has 26 heavy (non-hydrogen) atoms. The number of rotatable bonds is 6. The highest BCUT2D eigenvalue weighted by atomic mass is 16.1. The van der Waals surface area contributed by atoms with Crippen molar-refractivity contribution in [3.8, 4) is 5.69 Å². The molecule has 0 bridgehead atoms. The number of aromatic amines is 1. The summed E-state index contributed by atoms with van der Waals surface area (Å²) in [6.45, 7) is 6.10. The standard InChI is InChI=1S/C19H23N5O2/c1-12(2)13(3)21-17(25)10-9-16-22-18-15(19(26)23-16)11-20-24(18)14-7-5-4-6-8-14/h4-8,11-13H,9-10H2,1-3H3,(H,21,25)(H,22,23,26). The van der Waals surface area contributed by atoms with Crippen LogP contribution in [0, 0.1) is 5.92 Å². The molecule has 0 spiro atoms. The summed E-state index contributed by atoms with van der Waals surface area (Å²) in [5.74, 6) is 0.798. The van der Waals surface area contributed by atoms with Gasteiger partial charge in [-0.25, -0.2) is 9.67 Å². The molecule has 2 heterocycles. The Morgan fingerprint density at radius 2 is 1.96 bits per heavy atom. The van der Waals surface area contributed by atoms with E-state index in [0.717, 1.165) is 5.69 Å². The summed E-state index contributed by atoms with van der Waals surface area (Å²) in [5.41, 5.74) is 1.07. The second kappa shape index (κ2) is 7.51. The van der Waals surface area contributed by atoms with E-state index in [9.17, 15) is 9.59 Å². The van der Waals surface area contributed by atoms with Crippen LogP contribution in [0.15, 0.2) is 41.3 Å². The topological polar surface area (TPSA) is 92.7 Å². The summed E-state index contributed by atoms with van der Waals surface area (Å²) in [6, 6.07) is 9.62. The van der Waals surface area contributed by atoms with Crippen molar-refractivity contribution in [3.05, 3.63) is 52.7 Å². The van der Waals surface area contributed by atoms with Crippen molar-refractivity contribution in [2.45, 2.75) is 39.7 Å². The Bertz CT molecular complexity index is 959. The third-order valence-electron chi connectivity index (χ3n) is 4.47. The zero-order valence-corrected chi connectivity index (χ0v) is 15.2. The van der Waals surface area contributed by atoms with Crippen molar-refractivity contribution < 1.29 is 4.79 Å². The molecule has 0 aliphatic heterocycles. The fraction of sp³-hybridized carbons (Fsp3) is 0.368. The van der Waals surface area contributed by atoms with Crippen LogP contribution in [0.25, 0.3) is 16.7 Å². The maximum Gasteiger partial charge on any atom is 0.262 e. The molecule has 1 aromatic carbocycles. The third-order valence-corrected chi connectivity index (χ3v) is 4.47. The zero-order valence-electron chi connectivity index (χ0n) is 15.2. The monoisotopic (exact) mass is 353 g/mol. The van der Waals surface area contributed by atoms with Gasteiger partial charge in [-0.3, -0.25) is 9.59 Å². The molecule has 136 valence electrons. The maximum atomic E-state index is 12.3. The lowest BCUT2D eigenvalue weighted by Crippen LogP contribution is -2.36. The van der Waals surface area contributed by atoms with Crippen LogP contribution < -0.4 is 10.9 Å². The molecule has 3 aromatic rings. The first kappa shape index (κ1) is 17.8. The molecule has 0 aliphatic rings. The van der Waals surface area contributed by atoms with Gasteiger partial charge in [0, 0.05) is 18.9 Å². The highest BCUT2D eigenvalue weighted by Gasteiger charge is 2.14. The quantitative estimate of drug-likeness (QED) is 0.710. The fourth-order valence-corrected chi connectivity index (χ4v) is 2.57. The Hall–Kier alpha value is -2.96. The summed E-state index contributed by atoms with van der Waals surface area (Å²) in [6.07, 6.45) is 2.14. The first-order chi connectivity index (χ1) is 12.5. The number of amides is 1. The first-order valence-corrected chi connectivity index (χ1v) is 8.77. The predicted octanol–water partition coefficient (Wildman–Crippen LogP) is 2.20. The summed E-state index contributed by atoms with van der Waals surface area (Å²) >= 11 is 0. The predicted molar refractivity (Wildman–Crippen MR) is 100 cm³/mol. The number of benzene rings is 1. The van der Waals surface area contributed by atoms with E-state index in [2.05, 4.69) is 34.2 Å². The van der Waals surface area contributed by atoms with Crippen molar-refractivity contribution in [1.29, 1.82) is 0 Å². The van der Waals surface area contributed by atoms with E-state index in [4.69, 9.17) is 0 Å². The summed E-state index contributed by atoms with van der Waals surface area (Å²) in [5, 5.41) is 7.66. The van der Waals surface area contributed by atoms with Crippen LogP contribution in [-0.4, -0.2) is 31.7 Å². The lowest BCUT2D eigenvalue weighted by atomic mass is 10.1. The van der Waals surface area contributed by atoms with Gasteiger partial charge in [0.15, 0.2) is 5.65 Å². The summed E-state index contributed by atoms with van der Waals surface area (Å²) in [7, 11) is 0. The molecule has 1 amide bonds. The molecule has 1 atom stereocenters. The van der Waals surface area contributed by atoms with Gasteiger partial charge in [-0.1, -0.05) is 32.0 Å². The van der Waals surface area contributed by atoms with E-state index in [1.165, 1.54) is 6.20 Å². The number of carbonyl (C=O) groups excluding carboxylic acids is 1. The molecule has 0 aliphatic carbocycles. The van der Waals surface area contributed by atoms with Gasteiger partial charge in [0.1, 0.15) is 11.2 Å². The van der Waals surface area contributed by atoms with E-state index in [1.807, 2.05) is 37.3 Å². The minimum atomic E-state index is -0.247. The van der Waals surface area contributed by atoms with Crippen LogP contribution in [0.3, 0.4) is 0 Å². The van der Waals surface area contributed by atoms with Gasteiger partial charge in [0.25, 0.3) is 5.56 Å². The largest absolute Gasteiger partial charge is 0.353 e. The Balaban J connectivity index is 1.82. The molecule has 3 rings (SSSR count). The smallest absolute Gasteiger partial charge is 0.262 e. The minimum Gasteiger partial charge on any atom is -0.353 e. The van der Waals surface area contributed by atoms with E-state index < -0.39 is 0 Å². The number of aromatic nitrogens is 4. The van der Waals surface area contributed by atoms with Crippen LogP contribution in [-0.2, 0) is 11.2 Å². The lowest BCUT2D eigenvalue weighted by Gasteiger charge is -2.17. The molecule has 0 saturated carbocycles. The molecule has 2 aromatic heterocycles. The second-order valence-electron chi connectivity index (χ2n) is 6.74. The Morgan fingerprint density at radius 1 is 1.23 bits per heavy atom. The SMILES string of the molecule is CC(C)C(C)NC(=O)CCc1nc2c(cnn2-c2ccccc2)c(=O)[nH]1. The van der Waals surface area contributed by atoms with Crippen LogP contribution in [0.5, 0.6) is 0 Å². The van der Waals surface area contributed by atoms with E-state index in [0.29, 0.717) is 29.2 Å². The van der Waals surface area contributed by atoms with E-state index in [1.54, 1.807) is 4.68 Å².